The lowest BCUT2D eigenvalue weighted by molar-refractivity contribution is -0.132. The average Bonchev–Trinajstić information content (AvgIpc) is 1.86. The molecule has 0 aromatic carbocycles. The molecule has 0 radical (unpaired) electrons. The average molecular weight is 218 g/mol. The number of aliphatic carboxylic acids is 1. The lowest BCUT2D eigenvalue weighted by atomic mass is 10.0. The topological polar surface area (TPSA) is 63.3 Å². The molecule has 3 N–H and O–H groups in total. The number of halogens is 1. The Balaban J connectivity index is 2.75. The summed E-state index contributed by atoms with van der Waals surface area (Å²) in [6.07, 6.45) is 5.24. The fourth-order valence-corrected chi connectivity index (χ4v) is 1.08. The molecule has 11 heavy (non-hydrogen) atoms. The summed E-state index contributed by atoms with van der Waals surface area (Å²) < 4.78 is -0.564. The van der Waals surface area contributed by atoms with E-state index in [1.807, 2.05) is 0 Å². The maximum absolute atomic E-state index is 10.4. The zero-order valence-corrected chi connectivity index (χ0v) is 7.34. The number of carboxylic acid groups (broad SMARTS) is 1. The first-order chi connectivity index (χ1) is 5.01. The van der Waals surface area contributed by atoms with E-state index in [4.69, 9.17) is 10.8 Å². The third-order valence-electron chi connectivity index (χ3n) is 1.42. The lowest BCUT2D eigenvalue weighted by Crippen LogP contribution is -2.30. The molecule has 0 saturated heterocycles. The van der Waals surface area contributed by atoms with Gasteiger partial charge in [-0.05, 0) is 12.5 Å². The number of hydrogen-bond donors (Lipinski definition) is 2. The molecule has 0 fully saturated rings. The maximum atomic E-state index is 10.4. The van der Waals surface area contributed by atoms with Crippen molar-refractivity contribution < 1.29 is 9.90 Å². The van der Waals surface area contributed by atoms with Crippen molar-refractivity contribution in [2.75, 3.05) is 0 Å². The fraction of sp³-hybridized carbons (Fsp3) is 0.286. The molecule has 0 aliphatic heterocycles. The third-order valence-corrected chi connectivity index (χ3v) is 2.01. The molecule has 0 aromatic rings. The quantitative estimate of drug-likeness (QED) is 0.509. The van der Waals surface area contributed by atoms with Crippen LogP contribution >= 0.6 is 15.9 Å². The van der Waals surface area contributed by atoms with Gasteiger partial charge in [-0.25, -0.2) is 4.79 Å². The van der Waals surface area contributed by atoms with Crippen molar-refractivity contribution in [2.24, 2.45) is 5.73 Å². The van der Waals surface area contributed by atoms with Gasteiger partial charge >= 0.3 is 5.97 Å². The standard InChI is InChI=1S/C7H8BrNO2/c8-7(9)3-1-5(2-4-7)6(10)11/h1-3H,4,9H2,(H,10,11). The largest absolute Gasteiger partial charge is 0.478 e. The molecule has 0 heterocycles. The molecule has 1 aliphatic carbocycles. The van der Waals surface area contributed by atoms with Gasteiger partial charge in [0.05, 0.1) is 10.0 Å². The predicted molar refractivity (Wildman–Crippen MR) is 45.3 cm³/mol. The molecule has 0 saturated carbocycles. The zero-order valence-electron chi connectivity index (χ0n) is 5.75. The molecule has 4 heteroatoms. The van der Waals surface area contributed by atoms with Crippen molar-refractivity contribution in [2.45, 2.75) is 10.9 Å². The Hall–Kier alpha value is -0.610. The van der Waals surface area contributed by atoms with Crippen LogP contribution in [0.15, 0.2) is 23.8 Å². The Labute approximate surface area is 72.7 Å². The second-order valence-corrected chi connectivity index (χ2v) is 3.91. The molecule has 0 bridgehead atoms. The van der Waals surface area contributed by atoms with Gasteiger partial charge in [-0.3, -0.25) is 0 Å². The molecule has 3 nitrogen and oxygen atoms in total. The number of rotatable bonds is 1. The number of nitrogens with two attached hydrogens (primary N) is 1. The van der Waals surface area contributed by atoms with Crippen LogP contribution < -0.4 is 5.73 Å². The van der Waals surface area contributed by atoms with E-state index in [0.29, 0.717) is 12.0 Å². The van der Waals surface area contributed by atoms with Crippen molar-refractivity contribution in [1.29, 1.82) is 0 Å². The van der Waals surface area contributed by atoms with Gasteiger partial charge in [0.15, 0.2) is 0 Å². The third kappa shape index (κ3) is 2.17. The van der Waals surface area contributed by atoms with Crippen LogP contribution in [0.4, 0.5) is 0 Å². The summed E-state index contributed by atoms with van der Waals surface area (Å²) in [5.41, 5.74) is 5.93. The Morgan fingerprint density at radius 2 is 2.45 bits per heavy atom. The summed E-state index contributed by atoms with van der Waals surface area (Å²) in [6.45, 7) is 0. The number of alkyl halides is 1. The molecule has 1 rings (SSSR count). The van der Waals surface area contributed by atoms with Crippen LogP contribution in [0.1, 0.15) is 6.42 Å². The summed E-state index contributed by atoms with van der Waals surface area (Å²) in [5.74, 6) is -0.913. The minimum absolute atomic E-state index is 0.297. The maximum Gasteiger partial charge on any atom is 0.335 e. The molecule has 60 valence electrons. The van der Waals surface area contributed by atoms with E-state index < -0.39 is 10.4 Å². The van der Waals surface area contributed by atoms with Gasteiger partial charge in [0.2, 0.25) is 0 Å². The van der Waals surface area contributed by atoms with Gasteiger partial charge in [-0.15, -0.1) is 0 Å². The first kappa shape index (κ1) is 8.49. The molecule has 0 amide bonds. The fourth-order valence-electron chi connectivity index (χ4n) is 0.789. The summed E-state index contributed by atoms with van der Waals surface area (Å²) in [6, 6.07) is 0. The SMILES string of the molecule is NC1(Br)C=CC(C(=O)O)=CC1. The number of hydrogen-bond acceptors (Lipinski definition) is 2. The van der Waals surface area contributed by atoms with Crippen LogP contribution in [0.3, 0.4) is 0 Å². The Kier molecular flexibility index (Phi) is 2.15. The highest BCUT2D eigenvalue weighted by Gasteiger charge is 2.20. The monoisotopic (exact) mass is 217 g/mol. The van der Waals surface area contributed by atoms with E-state index in [1.165, 1.54) is 6.08 Å². The predicted octanol–water partition coefficient (Wildman–Crippen LogP) is 1.01. The van der Waals surface area contributed by atoms with E-state index in [2.05, 4.69) is 15.9 Å². The van der Waals surface area contributed by atoms with Gasteiger partial charge in [0.1, 0.15) is 0 Å². The zero-order chi connectivity index (χ0) is 8.48. The van der Waals surface area contributed by atoms with Crippen LogP contribution in [0.5, 0.6) is 0 Å². The first-order valence-corrected chi connectivity index (χ1v) is 3.91. The molecular formula is C7H8BrNO2. The highest BCUT2D eigenvalue weighted by atomic mass is 79.9. The van der Waals surface area contributed by atoms with Crippen molar-refractivity contribution >= 4 is 21.9 Å². The van der Waals surface area contributed by atoms with Crippen molar-refractivity contribution in [3.8, 4) is 0 Å². The van der Waals surface area contributed by atoms with E-state index in [9.17, 15) is 4.79 Å². The van der Waals surface area contributed by atoms with Crippen LogP contribution in [0.2, 0.25) is 0 Å². The van der Waals surface area contributed by atoms with Gasteiger partial charge in [0.25, 0.3) is 0 Å². The molecule has 0 spiro atoms. The van der Waals surface area contributed by atoms with E-state index in [-0.39, 0.29) is 0 Å². The van der Waals surface area contributed by atoms with Crippen molar-refractivity contribution in [3.05, 3.63) is 23.8 Å². The number of carboxylic acids is 1. The van der Waals surface area contributed by atoms with E-state index in [0.717, 1.165) is 0 Å². The van der Waals surface area contributed by atoms with Crippen molar-refractivity contribution in [3.63, 3.8) is 0 Å². The second kappa shape index (κ2) is 2.79. The van der Waals surface area contributed by atoms with Gasteiger partial charge in [-0.2, -0.15) is 0 Å². The van der Waals surface area contributed by atoms with Crippen LogP contribution in [-0.4, -0.2) is 15.5 Å². The molecule has 1 aliphatic rings. The Bertz CT molecular complexity index is 243. The van der Waals surface area contributed by atoms with E-state index in [1.54, 1.807) is 12.2 Å². The lowest BCUT2D eigenvalue weighted by Gasteiger charge is -2.19. The molecule has 0 aromatic heterocycles. The summed E-state index contributed by atoms with van der Waals surface area (Å²) in [5, 5.41) is 8.53. The Morgan fingerprint density at radius 1 is 1.82 bits per heavy atom. The summed E-state index contributed by atoms with van der Waals surface area (Å²) >= 11 is 3.22. The molecule has 1 unspecified atom stereocenters. The van der Waals surface area contributed by atoms with Gasteiger partial charge < -0.3 is 10.8 Å². The first-order valence-electron chi connectivity index (χ1n) is 3.12. The minimum Gasteiger partial charge on any atom is -0.478 e. The van der Waals surface area contributed by atoms with Gasteiger partial charge in [-0.1, -0.05) is 28.1 Å². The van der Waals surface area contributed by atoms with Gasteiger partial charge in [0, 0.05) is 0 Å². The smallest absolute Gasteiger partial charge is 0.335 e. The molecular weight excluding hydrogens is 210 g/mol. The van der Waals surface area contributed by atoms with Crippen LogP contribution in [0.25, 0.3) is 0 Å². The highest BCUT2D eigenvalue weighted by Crippen LogP contribution is 2.23. The second-order valence-electron chi connectivity index (χ2n) is 2.43. The van der Waals surface area contributed by atoms with Crippen molar-refractivity contribution in [1.82, 2.24) is 0 Å². The Morgan fingerprint density at radius 3 is 2.82 bits per heavy atom. The highest BCUT2D eigenvalue weighted by molar-refractivity contribution is 9.10. The minimum atomic E-state index is -0.913. The van der Waals surface area contributed by atoms with E-state index >= 15 is 0 Å². The summed E-state index contributed by atoms with van der Waals surface area (Å²) in [4.78, 5) is 10.4. The normalized spacial score (nSPS) is 29.8. The molecule has 1 atom stereocenters. The van der Waals surface area contributed by atoms with Crippen LogP contribution in [0, 0.1) is 0 Å². The summed E-state index contributed by atoms with van der Waals surface area (Å²) in [7, 11) is 0. The van der Waals surface area contributed by atoms with Crippen LogP contribution in [-0.2, 0) is 4.79 Å². The number of carbonyl (C=O) groups is 1.